The lowest BCUT2D eigenvalue weighted by Gasteiger charge is -2.29. The molecule has 21 heavy (non-hydrogen) atoms. The molecule has 1 aromatic carbocycles. The molecule has 3 rings (SSSR count). The van der Waals surface area contributed by atoms with Crippen molar-refractivity contribution < 1.29 is 4.79 Å². The second-order valence-corrected chi connectivity index (χ2v) is 5.93. The van der Waals surface area contributed by atoms with Gasteiger partial charge in [-0.1, -0.05) is 38.0 Å². The van der Waals surface area contributed by atoms with Gasteiger partial charge < -0.3 is 10.3 Å². The van der Waals surface area contributed by atoms with Crippen molar-refractivity contribution in [2.75, 3.05) is 0 Å². The van der Waals surface area contributed by atoms with E-state index in [1.54, 1.807) is 0 Å². The molecule has 0 radical (unpaired) electrons. The molecule has 0 spiro atoms. The Morgan fingerprint density at radius 3 is 2.81 bits per heavy atom. The number of carbonyl (C=O) groups is 1. The van der Waals surface area contributed by atoms with Gasteiger partial charge in [0, 0.05) is 23.0 Å². The first-order chi connectivity index (χ1) is 10.1. The third-order valence-electron chi connectivity index (χ3n) is 4.42. The fraction of sp³-hybridized carbons (Fsp3) is 0.412. The Bertz CT molecular complexity index is 720. The lowest BCUT2D eigenvalue weighted by atomic mass is 9.86. The van der Waals surface area contributed by atoms with E-state index in [-0.39, 0.29) is 17.5 Å². The zero-order valence-corrected chi connectivity index (χ0v) is 12.2. The number of nitrogens with one attached hydrogen (secondary N) is 2. The normalized spacial score (nSPS) is 22.1. The van der Waals surface area contributed by atoms with Crippen LogP contribution in [-0.4, -0.2) is 16.9 Å². The summed E-state index contributed by atoms with van der Waals surface area (Å²) in [5, 5.41) is 3.90. The summed E-state index contributed by atoms with van der Waals surface area (Å²) in [7, 11) is 0. The maximum absolute atomic E-state index is 12.6. The fourth-order valence-corrected chi connectivity index (χ4v) is 3.17. The molecule has 1 amide bonds. The molecule has 0 saturated heterocycles. The van der Waals surface area contributed by atoms with Crippen LogP contribution in [0.5, 0.6) is 0 Å². The van der Waals surface area contributed by atoms with Crippen molar-refractivity contribution in [1.82, 2.24) is 10.3 Å². The SMILES string of the molecule is C[C@H]1CCCC[C@@H]1NC(=O)c1cc(=O)[nH]c2ccccc12. The van der Waals surface area contributed by atoms with Crippen molar-refractivity contribution in [3.05, 3.63) is 46.2 Å². The highest BCUT2D eigenvalue weighted by atomic mass is 16.2. The minimum atomic E-state index is -0.240. The number of hydrogen-bond donors (Lipinski definition) is 2. The van der Waals surface area contributed by atoms with Gasteiger partial charge >= 0.3 is 0 Å². The van der Waals surface area contributed by atoms with Gasteiger partial charge in [0.2, 0.25) is 5.56 Å². The second kappa shape index (κ2) is 5.72. The van der Waals surface area contributed by atoms with Crippen LogP contribution < -0.4 is 10.9 Å². The van der Waals surface area contributed by atoms with Crippen molar-refractivity contribution >= 4 is 16.8 Å². The zero-order chi connectivity index (χ0) is 14.8. The quantitative estimate of drug-likeness (QED) is 0.890. The molecule has 1 aliphatic carbocycles. The topological polar surface area (TPSA) is 62.0 Å². The van der Waals surface area contributed by atoms with Gasteiger partial charge in [-0.2, -0.15) is 0 Å². The van der Waals surface area contributed by atoms with E-state index >= 15 is 0 Å². The summed E-state index contributed by atoms with van der Waals surface area (Å²) in [5.41, 5.74) is 0.925. The summed E-state index contributed by atoms with van der Waals surface area (Å²) < 4.78 is 0. The number of amides is 1. The van der Waals surface area contributed by atoms with Crippen LogP contribution in [0.25, 0.3) is 10.9 Å². The molecule has 1 aromatic heterocycles. The maximum atomic E-state index is 12.6. The number of fused-ring (bicyclic) bond motifs is 1. The molecular formula is C17H20N2O2. The molecule has 1 aliphatic rings. The Morgan fingerprint density at radius 1 is 1.24 bits per heavy atom. The van der Waals surface area contributed by atoms with Crippen LogP contribution in [-0.2, 0) is 0 Å². The highest BCUT2D eigenvalue weighted by Gasteiger charge is 2.24. The highest BCUT2D eigenvalue weighted by Crippen LogP contribution is 2.24. The van der Waals surface area contributed by atoms with Crippen LogP contribution >= 0.6 is 0 Å². The van der Waals surface area contributed by atoms with Crippen LogP contribution in [0.4, 0.5) is 0 Å². The molecule has 2 aromatic rings. The number of hydrogen-bond acceptors (Lipinski definition) is 2. The van der Waals surface area contributed by atoms with E-state index < -0.39 is 0 Å². The smallest absolute Gasteiger partial charge is 0.252 e. The number of H-pyrrole nitrogens is 1. The molecule has 4 nitrogen and oxygen atoms in total. The van der Waals surface area contributed by atoms with E-state index in [2.05, 4.69) is 17.2 Å². The average molecular weight is 284 g/mol. The monoisotopic (exact) mass is 284 g/mol. The van der Waals surface area contributed by atoms with E-state index in [1.165, 1.54) is 12.5 Å². The van der Waals surface area contributed by atoms with Crippen molar-refractivity contribution in [2.24, 2.45) is 5.92 Å². The molecule has 0 aliphatic heterocycles. The van der Waals surface area contributed by atoms with Gasteiger partial charge in [-0.3, -0.25) is 9.59 Å². The summed E-state index contributed by atoms with van der Waals surface area (Å²) in [5.74, 6) is 0.354. The fourth-order valence-electron chi connectivity index (χ4n) is 3.17. The van der Waals surface area contributed by atoms with E-state index in [0.717, 1.165) is 24.6 Å². The molecule has 0 bridgehead atoms. The van der Waals surface area contributed by atoms with Crippen LogP contribution in [0.3, 0.4) is 0 Å². The standard InChI is InChI=1S/C17H20N2O2/c1-11-6-2-4-8-14(11)19-17(21)13-10-16(20)18-15-9-5-3-7-12(13)15/h3,5,7,9-11,14H,2,4,6,8H2,1H3,(H,18,20)(H,19,21)/t11-,14-/m0/s1. The number of para-hydroxylation sites is 1. The van der Waals surface area contributed by atoms with Gasteiger partial charge in [-0.25, -0.2) is 0 Å². The molecule has 1 heterocycles. The van der Waals surface area contributed by atoms with Gasteiger partial charge in [0.25, 0.3) is 5.91 Å². The third-order valence-corrected chi connectivity index (χ3v) is 4.42. The molecule has 1 fully saturated rings. The number of benzene rings is 1. The van der Waals surface area contributed by atoms with Crippen molar-refractivity contribution in [2.45, 2.75) is 38.6 Å². The van der Waals surface area contributed by atoms with Crippen LogP contribution in [0.2, 0.25) is 0 Å². The molecule has 2 atom stereocenters. The Kier molecular flexibility index (Phi) is 3.78. The molecule has 0 unspecified atom stereocenters. The van der Waals surface area contributed by atoms with E-state index in [9.17, 15) is 9.59 Å². The number of aromatic nitrogens is 1. The summed E-state index contributed by atoms with van der Waals surface area (Å²) >= 11 is 0. The third kappa shape index (κ3) is 2.84. The zero-order valence-electron chi connectivity index (χ0n) is 12.2. The first kappa shape index (κ1) is 13.9. The predicted octanol–water partition coefficient (Wildman–Crippen LogP) is 2.84. The van der Waals surface area contributed by atoms with Crippen LogP contribution in [0.15, 0.2) is 35.1 Å². The minimum Gasteiger partial charge on any atom is -0.349 e. The number of rotatable bonds is 2. The van der Waals surface area contributed by atoms with E-state index in [0.29, 0.717) is 17.0 Å². The van der Waals surface area contributed by atoms with Crippen LogP contribution in [0, 0.1) is 5.92 Å². The van der Waals surface area contributed by atoms with E-state index in [1.807, 2.05) is 24.3 Å². The Labute approximate surface area is 123 Å². The summed E-state index contributed by atoms with van der Waals surface area (Å²) in [6.07, 6.45) is 4.57. The number of carbonyl (C=O) groups excluding carboxylic acids is 1. The van der Waals surface area contributed by atoms with Crippen LogP contribution in [0.1, 0.15) is 43.0 Å². The molecule has 1 saturated carbocycles. The van der Waals surface area contributed by atoms with Gasteiger partial charge in [-0.15, -0.1) is 0 Å². The van der Waals surface area contributed by atoms with Crippen molar-refractivity contribution in [3.8, 4) is 0 Å². The van der Waals surface area contributed by atoms with Gasteiger partial charge in [0.1, 0.15) is 0 Å². The predicted molar refractivity (Wildman–Crippen MR) is 83.5 cm³/mol. The molecule has 2 N–H and O–H groups in total. The summed E-state index contributed by atoms with van der Waals surface area (Å²) in [6, 6.07) is 9.01. The second-order valence-electron chi connectivity index (χ2n) is 5.93. The Balaban J connectivity index is 1.92. The Morgan fingerprint density at radius 2 is 2.00 bits per heavy atom. The number of pyridine rings is 1. The molecule has 4 heteroatoms. The lowest BCUT2D eigenvalue weighted by molar-refractivity contribution is 0.0912. The molecular weight excluding hydrogens is 264 g/mol. The van der Waals surface area contributed by atoms with Gasteiger partial charge in [0.15, 0.2) is 0 Å². The van der Waals surface area contributed by atoms with Gasteiger partial charge in [0.05, 0.1) is 5.56 Å². The largest absolute Gasteiger partial charge is 0.349 e. The minimum absolute atomic E-state index is 0.143. The maximum Gasteiger partial charge on any atom is 0.252 e. The van der Waals surface area contributed by atoms with Crippen molar-refractivity contribution in [1.29, 1.82) is 0 Å². The van der Waals surface area contributed by atoms with Crippen molar-refractivity contribution in [3.63, 3.8) is 0 Å². The first-order valence-corrected chi connectivity index (χ1v) is 7.58. The average Bonchev–Trinajstić information content (AvgIpc) is 2.48. The van der Waals surface area contributed by atoms with Gasteiger partial charge in [-0.05, 0) is 24.8 Å². The summed E-state index contributed by atoms with van der Waals surface area (Å²) in [4.78, 5) is 27.1. The highest BCUT2D eigenvalue weighted by molar-refractivity contribution is 6.06. The van der Waals surface area contributed by atoms with E-state index in [4.69, 9.17) is 0 Å². The Hall–Kier alpha value is -2.10. The lowest BCUT2D eigenvalue weighted by Crippen LogP contribution is -2.41. The number of aromatic amines is 1. The summed E-state index contributed by atoms with van der Waals surface area (Å²) in [6.45, 7) is 2.18. The first-order valence-electron chi connectivity index (χ1n) is 7.58. The molecule has 110 valence electrons.